The summed E-state index contributed by atoms with van der Waals surface area (Å²) >= 11 is 0. The van der Waals surface area contributed by atoms with E-state index in [1.807, 2.05) is 33.3 Å². The van der Waals surface area contributed by atoms with Crippen LogP contribution in [0, 0.1) is 0 Å². The van der Waals surface area contributed by atoms with Crippen LogP contribution in [-0.2, 0) is 27.9 Å². The largest absolute Gasteiger partial charge is 0.756 e. The van der Waals surface area contributed by atoms with Crippen LogP contribution < -0.4 is 10.2 Å². The molecule has 0 saturated carbocycles. The number of nitrogens with zero attached hydrogens (tertiary/aromatic N) is 1. The highest BCUT2D eigenvalue weighted by Crippen LogP contribution is 2.38. The van der Waals surface area contributed by atoms with Gasteiger partial charge in [0.1, 0.15) is 19.3 Å². The molecule has 0 fully saturated rings. The Morgan fingerprint density at radius 2 is 0.785 bits per heavy atom. The van der Waals surface area contributed by atoms with Gasteiger partial charge < -0.3 is 28.5 Å². The summed E-state index contributed by atoms with van der Waals surface area (Å²) in [6.45, 7) is 6.79. The topological polar surface area (TPSA) is 114 Å². The van der Waals surface area contributed by atoms with Crippen LogP contribution in [0.1, 0.15) is 303 Å². The third-order valence-electron chi connectivity index (χ3n) is 14.6. The summed E-state index contributed by atoms with van der Waals surface area (Å²) in [6.07, 6.45) is 76.0. The average molecular weight is 1130 g/mol. The number of phosphoric ester groups is 1. The number of ether oxygens (including phenoxy) is 1. The van der Waals surface area contributed by atoms with Gasteiger partial charge in [0, 0.05) is 12.8 Å². The van der Waals surface area contributed by atoms with Crippen molar-refractivity contribution in [3.8, 4) is 0 Å². The molecule has 1 amide bonds. The van der Waals surface area contributed by atoms with Crippen LogP contribution >= 0.6 is 7.82 Å². The Balaban J connectivity index is 5.24. The van der Waals surface area contributed by atoms with Crippen molar-refractivity contribution >= 4 is 19.7 Å². The molecular weight excluding hydrogens is 1000 g/mol. The van der Waals surface area contributed by atoms with Crippen molar-refractivity contribution < 1.29 is 37.3 Å². The smallest absolute Gasteiger partial charge is 0.306 e. The summed E-state index contributed by atoms with van der Waals surface area (Å²) in [7, 11) is 1.15. The molecule has 0 saturated heterocycles. The van der Waals surface area contributed by atoms with Crippen LogP contribution in [0.25, 0.3) is 0 Å². The van der Waals surface area contributed by atoms with Crippen molar-refractivity contribution in [3.63, 3.8) is 0 Å². The second-order valence-electron chi connectivity index (χ2n) is 23.6. The molecule has 79 heavy (non-hydrogen) atoms. The number of hydrogen-bond donors (Lipinski definition) is 1. The molecule has 0 aromatic carbocycles. The summed E-state index contributed by atoms with van der Waals surface area (Å²) in [6, 6.07) is -0.919. The minimum Gasteiger partial charge on any atom is -0.756 e. The number of allylic oxidation sites excluding steroid dienone is 11. The Morgan fingerprint density at radius 1 is 0.443 bits per heavy atom. The summed E-state index contributed by atoms with van der Waals surface area (Å²) in [5.74, 6) is -0.600. The monoisotopic (exact) mass is 1130 g/mol. The quantitative estimate of drug-likeness (QED) is 0.0212. The maximum atomic E-state index is 13.5. The van der Waals surface area contributed by atoms with E-state index in [-0.39, 0.29) is 31.3 Å². The van der Waals surface area contributed by atoms with Gasteiger partial charge in [-0.15, -0.1) is 0 Å². The van der Waals surface area contributed by atoms with Crippen LogP contribution in [0.15, 0.2) is 72.9 Å². The summed E-state index contributed by atoms with van der Waals surface area (Å²) in [5, 5.41) is 3.00. The van der Waals surface area contributed by atoms with Gasteiger partial charge in [-0.2, -0.15) is 0 Å². The first kappa shape index (κ1) is 76.5. The number of amides is 1. The van der Waals surface area contributed by atoms with Gasteiger partial charge in [0.05, 0.1) is 33.8 Å². The molecule has 0 aliphatic rings. The van der Waals surface area contributed by atoms with E-state index in [0.29, 0.717) is 17.4 Å². The Labute approximate surface area is 489 Å². The Kier molecular flexibility index (Phi) is 56.7. The Hall–Kier alpha value is -2.55. The average Bonchev–Trinajstić information content (AvgIpc) is 3.41. The molecule has 0 aromatic heterocycles. The van der Waals surface area contributed by atoms with Gasteiger partial charge in [0.15, 0.2) is 0 Å². The number of esters is 1. The molecule has 3 atom stereocenters. The first-order chi connectivity index (χ1) is 38.4. The first-order valence-corrected chi connectivity index (χ1v) is 34.7. The number of unbranched alkanes of at least 4 members (excludes halogenated alkanes) is 34. The highest BCUT2D eigenvalue weighted by Gasteiger charge is 2.27. The number of rotatable bonds is 60. The van der Waals surface area contributed by atoms with Gasteiger partial charge in [-0.05, 0) is 96.0 Å². The van der Waals surface area contributed by atoms with Crippen molar-refractivity contribution in [1.29, 1.82) is 0 Å². The van der Waals surface area contributed by atoms with E-state index in [4.69, 9.17) is 13.8 Å². The molecule has 0 bridgehead atoms. The zero-order valence-corrected chi connectivity index (χ0v) is 53.5. The van der Waals surface area contributed by atoms with Crippen LogP contribution in [0.2, 0.25) is 0 Å². The predicted octanol–water partition coefficient (Wildman–Crippen LogP) is 20.2. The fourth-order valence-electron chi connectivity index (χ4n) is 9.45. The van der Waals surface area contributed by atoms with Crippen LogP contribution in [-0.4, -0.2) is 69.4 Å². The van der Waals surface area contributed by atoms with Gasteiger partial charge in [-0.25, -0.2) is 0 Å². The molecule has 0 aliphatic heterocycles. The van der Waals surface area contributed by atoms with Crippen molar-refractivity contribution in [2.45, 2.75) is 315 Å². The lowest BCUT2D eigenvalue weighted by Gasteiger charge is -2.30. The second-order valence-corrected chi connectivity index (χ2v) is 25.0. The third kappa shape index (κ3) is 59.9. The van der Waals surface area contributed by atoms with Crippen LogP contribution in [0.4, 0.5) is 0 Å². The van der Waals surface area contributed by atoms with Crippen LogP contribution in [0.5, 0.6) is 0 Å². The van der Waals surface area contributed by atoms with Crippen molar-refractivity contribution in [3.05, 3.63) is 72.9 Å². The third-order valence-corrected chi connectivity index (χ3v) is 15.6. The fraction of sp³-hybridized carbons (Fsp3) is 0.797. The molecule has 10 heteroatoms. The number of likely N-dealkylation sites (N-methyl/N-ethyl adjacent to an activating group) is 1. The maximum Gasteiger partial charge on any atom is 0.306 e. The fourth-order valence-corrected chi connectivity index (χ4v) is 10.2. The molecule has 1 N–H and O–H groups in total. The summed E-state index contributed by atoms with van der Waals surface area (Å²) < 4.78 is 30.3. The number of quaternary nitrogens is 1. The van der Waals surface area contributed by atoms with E-state index in [2.05, 4.69) is 86.8 Å². The maximum absolute atomic E-state index is 13.5. The highest BCUT2D eigenvalue weighted by atomic mass is 31.2. The second kappa shape index (κ2) is 58.6. The Morgan fingerprint density at radius 3 is 1.22 bits per heavy atom. The highest BCUT2D eigenvalue weighted by molar-refractivity contribution is 7.45. The van der Waals surface area contributed by atoms with Crippen molar-refractivity contribution in [2.75, 3.05) is 40.9 Å². The standard InChI is InChI=1S/C69H127N2O7P/c1-7-10-13-16-19-22-25-28-30-32-33-34-35-36-37-39-41-44-47-50-53-56-59-62-69(73)78-67(60-57-54-51-48-45-42-27-24-21-18-15-12-9-3)66(65-77-79(74,75)76-64-63-71(4,5)6)70-68(72)61-58-55-52-49-46-43-40-38-31-29-26-23-20-17-14-11-8-2/h20,23,28-31,40,43,49,52,57,60,66-67H,7-19,21-22,24-27,32-39,41-42,44-48,50-51,53-56,58-59,61-65H2,1-6H3,(H-,70,72,74,75)/b23-20-,30-28+,31-29-,43-40-,52-49-,60-57-. The van der Waals surface area contributed by atoms with Gasteiger partial charge >= 0.3 is 5.97 Å². The number of hydrogen-bond acceptors (Lipinski definition) is 7. The lowest BCUT2D eigenvalue weighted by molar-refractivity contribution is -0.870. The molecule has 0 aliphatic carbocycles. The molecule has 460 valence electrons. The minimum absolute atomic E-state index is 0.0337. The molecule has 0 spiro atoms. The van der Waals surface area contributed by atoms with Crippen molar-refractivity contribution in [1.82, 2.24) is 5.32 Å². The van der Waals surface area contributed by atoms with Gasteiger partial charge in [-0.1, -0.05) is 267 Å². The molecule has 0 heterocycles. The summed E-state index contributed by atoms with van der Waals surface area (Å²) in [4.78, 5) is 40.0. The molecule has 0 aromatic rings. The molecule has 0 rings (SSSR count). The SMILES string of the molecule is CCCCC/C=C\C/C=C\C/C=C\C/C=C\CCCC(=O)NC(COP(=O)([O-])OCC[N+](C)(C)C)C(/C=C\CCCCCCCCCCCCC)OC(=O)CCCCCCCCCCCCCCC/C=C/CCCCCCCC. The molecular formula is C69H127N2O7P. The number of carbonyl (C=O) groups is 2. The molecule has 3 unspecified atom stereocenters. The lowest BCUT2D eigenvalue weighted by atomic mass is 10.0. The zero-order chi connectivity index (χ0) is 57.9. The number of phosphoric acid groups is 1. The van der Waals surface area contributed by atoms with E-state index in [0.717, 1.165) is 64.2 Å². The number of nitrogens with one attached hydrogen (secondary N) is 1. The normalized spacial score (nSPS) is 14.1. The van der Waals surface area contributed by atoms with Crippen molar-refractivity contribution in [2.24, 2.45) is 0 Å². The van der Waals surface area contributed by atoms with Gasteiger partial charge in [-0.3, -0.25) is 14.2 Å². The van der Waals surface area contributed by atoms with Crippen LogP contribution in [0.3, 0.4) is 0 Å². The number of carbonyl (C=O) groups excluding carboxylic acids is 2. The van der Waals surface area contributed by atoms with E-state index in [1.54, 1.807) is 0 Å². The Bertz CT molecular complexity index is 1580. The van der Waals surface area contributed by atoms with Gasteiger partial charge in [0.2, 0.25) is 5.91 Å². The van der Waals surface area contributed by atoms with E-state index >= 15 is 0 Å². The lowest BCUT2D eigenvalue weighted by Crippen LogP contribution is -2.47. The molecule has 9 nitrogen and oxygen atoms in total. The van der Waals surface area contributed by atoms with E-state index in [9.17, 15) is 19.0 Å². The predicted molar refractivity (Wildman–Crippen MR) is 339 cm³/mol. The van der Waals surface area contributed by atoms with E-state index in [1.165, 1.54) is 199 Å². The van der Waals surface area contributed by atoms with Gasteiger partial charge in [0.25, 0.3) is 7.82 Å². The zero-order valence-electron chi connectivity index (χ0n) is 52.6. The first-order valence-electron chi connectivity index (χ1n) is 33.2. The summed E-state index contributed by atoms with van der Waals surface area (Å²) in [5.41, 5.74) is 0. The minimum atomic E-state index is -4.72. The van der Waals surface area contributed by atoms with E-state index < -0.39 is 26.6 Å². The molecule has 0 radical (unpaired) electrons.